The lowest BCUT2D eigenvalue weighted by atomic mass is 10.1. The van der Waals surface area contributed by atoms with Gasteiger partial charge in [0.2, 0.25) is 0 Å². The average Bonchev–Trinajstić information content (AvgIpc) is 2.05. The molecule has 0 amide bonds. The summed E-state index contributed by atoms with van der Waals surface area (Å²) in [7, 11) is 0. The number of benzene rings is 1. The Labute approximate surface area is 109 Å². The zero-order chi connectivity index (χ0) is 8.97. The second-order valence-corrected chi connectivity index (χ2v) is 8.11. The quantitative estimate of drug-likeness (QED) is 0.470. The van der Waals surface area contributed by atoms with E-state index in [1.54, 1.807) is 0 Å². The van der Waals surface area contributed by atoms with E-state index in [-0.39, 0.29) is 0 Å². The molecule has 0 N–H and O–H groups in total. The maximum absolute atomic E-state index is 3.46. The minimum atomic E-state index is 0.579. The van der Waals surface area contributed by atoms with Crippen LogP contribution in [0.3, 0.4) is 0 Å². The highest BCUT2D eigenvalue weighted by Gasteiger charge is 2.06. The molecule has 1 aromatic carbocycles. The summed E-state index contributed by atoms with van der Waals surface area (Å²) in [5.41, 5.74) is 2.92. The van der Waals surface area contributed by atoms with Gasteiger partial charge in [-0.3, -0.25) is 0 Å². The summed E-state index contributed by atoms with van der Waals surface area (Å²) in [5.74, 6) is 0. The van der Waals surface area contributed by atoms with Gasteiger partial charge in [0.15, 0.2) is 0 Å². The van der Waals surface area contributed by atoms with Crippen LogP contribution in [0.5, 0.6) is 0 Å². The van der Waals surface area contributed by atoms with E-state index in [0.717, 1.165) is 11.8 Å². The molecule has 1 aromatic rings. The van der Waals surface area contributed by atoms with E-state index in [1.165, 1.54) is 11.1 Å². The highest BCUT2D eigenvalue weighted by molar-refractivity contribution is 14.2. The highest BCUT2D eigenvalue weighted by atomic mass is 127. The number of aryl methyl sites for hydroxylation is 1. The van der Waals surface area contributed by atoms with E-state index in [1.807, 2.05) is 0 Å². The predicted octanol–water partition coefficient (Wildman–Crippen LogP) is 4.49. The Morgan fingerprint density at radius 2 is 1.92 bits per heavy atom. The molecule has 0 atom stereocenters. The van der Waals surface area contributed by atoms with Gasteiger partial charge in [0, 0.05) is 5.33 Å². The first kappa shape index (κ1) is 11.2. The van der Waals surface area contributed by atoms with Crippen LogP contribution in [0.25, 0.3) is 0 Å². The molecule has 0 saturated heterocycles. The molecule has 12 heavy (non-hydrogen) atoms. The van der Waals surface area contributed by atoms with Crippen molar-refractivity contribution in [1.82, 2.24) is 0 Å². The Morgan fingerprint density at radius 3 is 2.50 bits per heavy atom. The van der Waals surface area contributed by atoms with E-state index >= 15 is 0 Å². The molecule has 0 saturated carbocycles. The monoisotopic (exact) mass is 450 g/mol. The number of halogens is 3. The van der Waals surface area contributed by atoms with Gasteiger partial charge in [-0.15, -0.1) is 0 Å². The van der Waals surface area contributed by atoms with Crippen LogP contribution in [0.15, 0.2) is 24.3 Å². The molecule has 0 spiro atoms. The van der Waals surface area contributed by atoms with Crippen molar-refractivity contribution >= 4 is 61.1 Å². The largest absolute Gasteiger partial charge is 0.0924 e. The fourth-order valence-electron chi connectivity index (χ4n) is 1.08. The summed E-state index contributed by atoms with van der Waals surface area (Å²) in [6.45, 7) is 0. The van der Waals surface area contributed by atoms with Crippen molar-refractivity contribution in [3.8, 4) is 0 Å². The highest BCUT2D eigenvalue weighted by Crippen LogP contribution is 2.32. The van der Waals surface area contributed by atoms with Gasteiger partial charge in [-0.25, -0.2) is 0 Å². The second-order valence-electron chi connectivity index (χ2n) is 2.44. The normalized spacial score (nSPS) is 10.7. The van der Waals surface area contributed by atoms with Crippen LogP contribution >= 0.6 is 61.1 Å². The zero-order valence-corrected chi connectivity index (χ0v) is 12.3. The van der Waals surface area contributed by atoms with Crippen molar-refractivity contribution in [2.24, 2.45) is 0 Å². The topological polar surface area (TPSA) is 0 Å². The maximum atomic E-state index is 3.46. The molecule has 0 aliphatic heterocycles. The second kappa shape index (κ2) is 5.80. The summed E-state index contributed by atoms with van der Waals surface area (Å²) in [4.78, 5) is 0. The lowest BCUT2D eigenvalue weighted by Gasteiger charge is -2.08. The van der Waals surface area contributed by atoms with Gasteiger partial charge in [0.25, 0.3) is 0 Å². The summed E-state index contributed by atoms with van der Waals surface area (Å²) < 4.78 is 0.579. The average molecular weight is 451 g/mol. The van der Waals surface area contributed by atoms with Gasteiger partial charge in [-0.2, -0.15) is 0 Å². The van der Waals surface area contributed by atoms with Gasteiger partial charge < -0.3 is 0 Å². The molecule has 0 aromatic heterocycles. The molecule has 0 fully saturated rings. The van der Waals surface area contributed by atoms with Crippen molar-refractivity contribution in [2.45, 2.75) is 8.35 Å². The molecule has 0 radical (unpaired) electrons. The summed E-state index contributed by atoms with van der Waals surface area (Å²) in [6, 6.07) is 8.64. The Balaban J connectivity index is 2.92. The van der Waals surface area contributed by atoms with Crippen molar-refractivity contribution in [1.29, 1.82) is 0 Å². The van der Waals surface area contributed by atoms with E-state index in [4.69, 9.17) is 0 Å². The van der Waals surface area contributed by atoms with Gasteiger partial charge in [0.05, 0.1) is 1.93 Å². The molecule has 66 valence electrons. The molecule has 3 heteroatoms. The van der Waals surface area contributed by atoms with E-state index < -0.39 is 0 Å². The minimum Gasteiger partial charge on any atom is -0.0924 e. The maximum Gasteiger partial charge on any atom is 0.0877 e. The predicted molar refractivity (Wildman–Crippen MR) is 74.7 cm³/mol. The van der Waals surface area contributed by atoms with Crippen molar-refractivity contribution in [3.63, 3.8) is 0 Å². The zero-order valence-electron chi connectivity index (χ0n) is 6.43. The number of hydrogen-bond donors (Lipinski definition) is 0. The minimum absolute atomic E-state index is 0.579. The summed E-state index contributed by atoms with van der Waals surface area (Å²) in [5, 5.41) is 1.05. The number of hydrogen-bond acceptors (Lipinski definition) is 0. The Bertz CT molecular complexity index is 248. The summed E-state index contributed by atoms with van der Waals surface area (Å²) >= 11 is 8.35. The van der Waals surface area contributed by atoms with Crippen LogP contribution in [0, 0.1) is 0 Å². The SMILES string of the molecule is BrCCc1ccccc1C(I)I. The smallest absolute Gasteiger partial charge is 0.0877 e. The van der Waals surface area contributed by atoms with Crippen molar-refractivity contribution < 1.29 is 0 Å². The first-order valence-electron chi connectivity index (χ1n) is 3.67. The molecule has 0 bridgehead atoms. The molecule has 0 aliphatic carbocycles. The van der Waals surface area contributed by atoms with Crippen LogP contribution < -0.4 is 0 Å². The van der Waals surface area contributed by atoms with E-state index in [2.05, 4.69) is 85.4 Å². The Kier molecular flexibility index (Phi) is 5.43. The van der Waals surface area contributed by atoms with Crippen LogP contribution in [0.4, 0.5) is 0 Å². The van der Waals surface area contributed by atoms with Crippen LogP contribution in [0.2, 0.25) is 0 Å². The van der Waals surface area contributed by atoms with Crippen molar-refractivity contribution in [2.75, 3.05) is 5.33 Å². The van der Waals surface area contributed by atoms with Crippen LogP contribution in [-0.2, 0) is 6.42 Å². The lowest BCUT2D eigenvalue weighted by Crippen LogP contribution is -1.92. The van der Waals surface area contributed by atoms with Crippen LogP contribution in [0.1, 0.15) is 13.1 Å². The Morgan fingerprint density at radius 1 is 1.25 bits per heavy atom. The molecular weight excluding hydrogens is 442 g/mol. The molecule has 0 heterocycles. The lowest BCUT2D eigenvalue weighted by molar-refractivity contribution is 1.13. The molecule has 0 aliphatic rings. The van der Waals surface area contributed by atoms with E-state index in [0.29, 0.717) is 1.93 Å². The third kappa shape index (κ3) is 3.14. The number of rotatable bonds is 3. The first-order chi connectivity index (χ1) is 5.75. The van der Waals surface area contributed by atoms with Crippen molar-refractivity contribution in [3.05, 3.63) is 35.4 Å². The number of alkyl halides is 3. The van der Waals surface area contributed by atoms with E-state index in [9.17, 15) is 0 Å². The summed E-state index contributed by atoms with van der Waals surface area (Å²) in [6.07, 6.45) is 1.12. The van der Waals surface area contributed by atoms with Gasteiger partial charge in [0.1, 0.15) is 0 Å². The molecule has 0 unspecified atom stereocenters. The fraction of sp³-hybridized carbons (Fsp3) is 0.333. The van der Waals surface area contributed by atoms with Gasteiger partial charge >= 0.3 is 0 Å². The van der Waals surface area contributed by atoms with Crippen LogP contribution in [-0.4, -0.2) is 5.33 Å². The molecular formula is C9H9BrI2. The standard InChI is InChI=1S/C9H9BrI2/c10-6-5-7-3-1-2-4-8(7)9(11)12/h1-4,9H,5-6H2. The molecule has 0 nitrogen and oxygen atoms in total. The fourth-order valence-corrected chi connectivity index (χ4v) is 2.72. The third-order valence-corrected chi connectivity index (χ3v) is 3.39. The third-order valence-electron chi connectivity index (χ3n) is 1.65. The van der Waals surface area contributed by atoms with Gasteiger partial charge in [-0.05, 0) is 17.5 Å². The Hall–Kier alpha value is 1.16. The molecule has 1 rings (SSSR count). The van der Waals surface area contributed by atoms with Gasteiger partial charge in [-0.1, -0.05) is 85.4 Å². The first-order valence-corrected chi connectivity index (χ1v) is 7.29.